The van der Waals surface area contributed by atoms with Crippen molar-refractivity contribution in [3.8, 4) is 0 Å². The molecule has 1 aromatic rings. The molecule has 16 heavy (non-hydrogen) atoms. The Morgan fingerprint density at radius 3 is 2.75 bits per heavy atom. The van der Waals surface area contributed by atoms with Gasteiger partial charge in [0.25, 0.3) is 5.91 Å². The van der Waals surface area contributed by atoms with Crippen molar-refractivity contribution in [3.05, 3.63) is 22.4 Å². The van der Waals surface area contributed by atoms with Gasteiger partial charge in [-0.25, -0.2) is 0 Å². The van der Waals surface area contributed by atoms with Crippen molar-refractivity contribution in [3.63, 3.8) is 0 Å². The largest absolute Gasteiger partial charge is 0.348 e. The van der Waals surface area contributed by atoms with Gasteiger partial charge in [-0.15, -0.1) is 0 Å². The van der Waals surface area contributed by atoms with Crippen LogP contribution in [0.15, 0.2) is 16.7 Å². The Kier molecular flexibility index (Phi) is 3.10. The molecule has 0 spiro atoms. The van der Waals surface area contributed by atoms with Crippen molar-refractivity contribution in [2.75, 3.05) is 0 Å². The number of carbonyl (C=O) groups excluding carboxylic acids is 1. The van der Waals surface area contributed by atoms with Crippen molar-refractivity contribution in [2.45, 2.75) is 39.3 Å². The first-order valence-corrected chi connectivity index (χ1v) is 6.46. The van der Waals surface area contributed by atoms with Crippen LogP contribution in [0.3, 0.4) is 0 Å². The summed E-state index contributed by atoms with van der Waals surface area (Å²) in [6.45, 7) is 6.30. The maximum atomic E-state index is 12.0. The van der Waals surface area contributed by atoms with E-state index in [0.29, 0.717) is 18.0 Å². The Bertz CT molecular complexity index is 411. The number of hydrogen-bond donors (Lipinski definition) is 1. The average molecular weight is 285 g/mol. The normalized spacial score (nSPS) is 23.6. The molecule has 1 aromatic heterocycles. The standard InChI is InChI=1S/C12H17BrN2O/c1-7(2)15-6-9(13)5-11(15)12(16)14-10-4-8(10)3/h5-8,10H,4H2,1-3H3,(H,14,16). The molecule has 2 rings (SSSR count). The van der Waals surface area contributed by atoms with Crippen LogP contribution in [0.4, 0.5) is 0 Å². The number of nitrogens with one attached hydrogen (secondary N) is 1. The summed E-state index contributed by atoms with van der Waals surface area (Å²) in [6.07, 6.45) is 3.06. The van der Waals surface area contributed by atoms with Crippen LogP contribution < -0.4 is 5.32 Å². The van der Waals surface area contributed by atoms with Crippen LogP contribution in [0.25, 0.3) is 0 Å². The molecular formula is C12H17BrN2O. The summed E-state index contributed by atoms with van der Waals surface area (Å²) in [5.74, 6) is 0.670. The Balaban J connectivity index is 2.15. The van der Waals surface area contributed by atoms with Crippen LogP contribution in [0, 0.1) is 5.92 Å². The van der Waals surface area contributed by atoms with Gasteiger partial charge in [0.2, 0.25) is 0 Å². The molecular weight excluding hydrogens is 268 g/mol. The van der Waals surface area contributed by atoms with E-state index >= 15 is 0 Å². The fourth-order valence-electron chi connectivity index (χ4n) is 1.82. The molecule has 0 aromatic carbocycles. The van der Waals surface area contributed by atoms with E-state index in [4.69, 9.17) is 0 Å². The van der Waals surface area contributed by atoms with E-state index in [1.54, 1.807) is 0 Å². The van der Waals surface area contributed by atoms with Crippen LogP contribution in [-0.4, -0.2) is 16.5 Å². The lowest BCUT2D eigenvalue weighted by atomic mass is 10.3. The highest BCUT2D eigenvalue weighted by Gasteiger charge is 2.34. The Morgan fingerprint density at radius 2 is 2.25 bits per heavy atom. The highest BCUT2D eigenvalue weighted by atomic mass is 79.9. The fraction of sp³-hybridized carbons (Fsp3) is 0.583. The van der Waals surface area contributed by atoms with E-state index in [-0.39, 0.29) is 5.91 Å². The smallest absolute Gasteiger partial charge is 0.268 e. The number of amides is 1. The summed E-state index contributed by atoms with van der Waals surface area (Å²) in [6, 6.07) is 2.55. The van der Waals surface area contributed by atoms with Gasteiger partial charge in [-0.1, -0.05) is 6.92 Å². The van der Waals surface area contributed by atoms with Gasteiger partial charge in [0, 0.05) is 22.8 Å². The molecule has 88 valence electrons. The molecule has 3 nitrogen and oxygen atoms in total. The van der Waals surface area contributed by atoms with Crippen LogP contribution in [0.1, 0.15) is 43.7 Å². The van der Waals surface area contributed by atoms with Gasteiger partial charge in [0.05, 0.1) is 0 Å². The summed E-state index contributed by atoms with van der Waals surface area (Å²) in [7, 11) is 0. The van der Waals surface area contributed by atoms with E-state index in [9.17, 15) is 4.79 Å². The summed E-state index contributed by atoms with van der Waals surface area (Å²) in [5.41, 5.74) is 0.737. The first-order chi connectivity index (χ1) is 7.49. The minimum absolute atomic E-state index is 0.0359. The Labute approximate surface area is 104 Å². The summed E-state index contributed by atoms with van der Waals surface area (Å²) >= 11 is 3.41. The zero-order valence-corrected chi connectivity index (χ0v) is 11.4. The van der Waals surface area contributed by atoms with Crippen molar-refractivity contribution in [1.29, 1.82) is 0 Å². The lowest BCUT2D eigenvalue weighted by molar-refractivity contribution is 0.0938. The van der Waals surface area contributed by atoms with Crippen molar-refractivity contribution in [2.24, 2.45) is 5.92 Å². The molecule has 1 heterocycles. The highest BCUT2D eigenvalue weighted by molar-refractivity contribution is 9.10. The van der Waals surface area contributed by atoms with Gasteiger partial charge in [0.1, 0.15) is 5.69 Å². The molecule has 1 amide bonds. The summed E-state index contributed by atoms with van der Waals surface area (Å²) < 4.78 is 2.95. The molecule has 2 unspecified atom stereocenters. The second kappa shape index (κ2) is 4.24. The van der Waals surface area contributed by atoms with Crippen LogP contribution >= 0.6 is 15.9 Å². The predicted octanol–water partition coefficient (Wildman–Crippen LogP) is 2.97. The third kappa shape index (κ3) is 2.32. The lowest BCUT2D eigenvalue weighted by Gasteiger charge is -2.12. The number of rotatable bonds is 3. The van der Waals surface area contributed by atoms with Gasteiger partial charge in [-0.05, 0) is 48.2 Å². The monoisotopic (exact) mass is 284 g/mol. The van der Waals surface area contributed by atoms with E-state index in [1.807, 2.05) is 16.8 Å². The molecule has 1 aliphatic carbocycles. The number of hydrogen-bond acceptors (Lipinski definition) is 1. The first-order valence-electron chi connectivity index (χ1n) is 5.67. The number of carbonyl (C=O) groups is 1. The van der Waals surface area contributed by atoms with Crippen molar-refractivity contribution >= 4 is 21.8 Å². The maximum Gasteiger partial charge on any atom is 0.268 e. The molecule has 1 fully saturated rings. The maximum absolute atomic E-state index is 12.0. The molecule has 0 radical (unpaired) electrons. The summed E-state index contributed by atoms with van der Waals surface area (Å²) in [4.78, 5) is 12.0. The topological polar surface area (TPSA) is 34.0 Å². The van der Waals surface area contributed by atoms with Crippen molar-refractivity contribution < 1.29 is 4.79 Å². The molecule has 0 saturated heterocycles. The SMILES string of the molecule is CC1CC1NC(=O)c1cc(Br)cn1C(C)C. The minimum Gasteiger partial charge on any atom is -0.348 e. The number of halogens is 1. The molecule has 0 bridgehead atoms. The predicted molar refractivity (Wildman–Crippen MR) is 67.6 cm³/mol. The molecule has 1 saturated carbocycles. The number of aromatic nitrogens is 1. The third-order valence-electron chi connectivity index (χ3n) is 3.03. The fourth-order valence-corrected chi connectivity index (χ4v) is 2.26. The van der Waals surface area contributed by atoms with Gasteiger partial charge < -0.3 is 9.88 Å². The molecule has 0 aliphatic heterocycles. The van der Waals surface area contributed by atoms with Crippen LogP contribution in [0.2, 0.25) is 0 Å². The first kappa shape index (κ1) is 11.7. The quantitative estimate of drug-likeness (QED) is 0.910. The molecule has 1 N–H and O–H groups in total. The van der Waals surface area contributed by atoms with Gasteiger partial charge in [-0.2, -0.15) is 0 Å². The highest BCUT2D eigenvalue weighted by Crippen LogP contribution is 2.29. The molecule has 1 aliphatic rings. The van der Waals surface area contributed by atoms with Crippen molar-refractivity contribution in [1.82, 2.24) is 9.88 Å². The second-order valence-corrected chi connectivity index (χ2v) is 5.75. The van der Waals surface area contributed by atoms with Crippen LogP contribution in [0.5, 0.6) is 0 Å². The zero-order valence-electron chi connectivity index (χ0n) is 9.83. The minimum atomic E-state index is 0.0359. The van der Waals surface area contributed by atoms with Gasteiger partial charge in [-0.3, -0.25) is 4.79 Å². The van der Waals surface area contributed by atoms with Gasteiger partial charge in [0.15, 0.2) is 0 Å². The molecule has 2 atom stereocenters. The van der Waals surface area contributed by atoms with E-state index in [1.165, 1.54) is 0 Å². The average Bonchev–Trinajstić information content (AvgIpc) is 2.74. The van der Waals surface area contributed by atoms with Gasteiger partial charge >= 0.3 is 0 Å². The van der Waals surface area contributed by atoms with E-state index in [2.05, 4.69) is 42.0 Å². The summed E-state index contributed by atoms with van der Waals surface area (Å²) in [5, 5.41) is 3.05. The van der Waals surface area contributed by atoms with E-state index < -0.39 is 0 Å². The third-order valence-corrected chi connectivity index (χ3v) is 3.46. The zero-order chi connectivity index (χ0) is 11.9. The lowest BCUT2D eigenvalue weighted by Crippen LogP contribution is -2.28. The second-order valence-electron chi connectivity index (χ2n) is 4.84. The van der Waals surface area contributed by atoms with E-state index in [0.717, 1.165) is 16.6 Å². The Morgan fingerprint density at radius 1 is 1.62 bits per heavy atom. The Hall–Kier alpha value is -0.770. The number of nitrogens with zero attached hydrogens (tertiary/aromatic N) is 1. The van der Waals surface area contributed by atoms with Crippen LogP contribution in [-0.2, 0) is 0 Å². The molecule has 4 heteroatoms.